The number of likely N-dealkylation sites (tertiary alicyclic amines) is 1. The topological polar surface area (TPSA) is 32.5 Å². The molecule has 0 aromatic carbocycles. The zero-order valence-corrected chi connectivity index (χ0v) is 9.71. The van der Waals surface area contributed by atoms with Gasteiger partial charge in [-0.25, -0.2) is 0 Å². The van der Waals surface area contributed by atoms with Gasteiger partial charge in [-0.15, -0.1) is 0 Å². The molecule has 1 aliphatic rings. The van der Waals surface area contributed by atoms with E-state index < -0.39 is 0 Å². The number of nitrogens with zero attached hydrogens (tertiary/aromatic N) is 2. The third-order valence-corrected chi connectivity index (χ3v) is 3.34. The lowest BCUT2D eigenvalue weighted by atomic mass is 10.1. The molecule has 14 heavy (non-hydrogen) atoms. The van der Waals surface area contributed by atoms with Crippen molar-refractivity contribution in [3.05, 3.63) is 0 Å². The first-order valence-corrected chi connectivity index (χ1v) is 5.90. The SMILES string of the molecule is CCN1CCCC(N(C)CCN)CC1. The normalized spacial score (nSPS) is 25.3. The zero-order chi connectivity index (χ0) is 10.4. The maximum atomic E-state index is 5.58. The largest absolute Gasteiger partial charge is 0.329 e. The van der Waals surface area contributed by atoms with Gasteiger partial charge in [0.2, 0.25) is 0 Å². The first-order chi connectivity index (χ1) is 6.77. The van der Waals surface area contributed by atoms with E-state index in [2.05, 4.69) is 23.8 Å². The van der Waals surface area contributed by atoms with E-state index in [0.717, 1.165) is 19.1 Å². The van der Waals surface area contributed by atoms with E-state index in [9.17, 15) is 0 Å². The second kappa shape index (κ2) is 6.38. The van der Waals surface area contributed by atoms with Gasteiger partial charge >= 0.3 is 0 Å². The van der Waals surface area contributed by atoms with Crippen LogP contribution in [-0.2, 0) is 0 Å². The molecule has 0 radical (unpaired) electrons. The zero-order valence-electron chi connectivity index (χ0n) is 9.71. The highest BCUT2D eigenvalue weighted by atomic mass is 15.2. The van der Waals surface area contributed by atoms with E-state index in [1.165, 1.54) is 38.9 Å². The van der Waals surface area contributed by atoms with Crippen LogP contribution in [-0.4, -0.2) is 55.6 Å². The summed E-state index contributed by atoms with van der Waals surface area (Å²) in [4.78, 5) is 4.98. The van der Waals surface area contributed by atoms with Crippen LogP contribution in [0.5, 0.6) is 0 Å². The molecule has 0 aromatic heterocycles. The Hall–Kier alpha value is -0.120. The molecule has 0 bridgehead atoms. The first kappa shape index (κ1) is 12.0. The molecular weight excluding hydrogens is 174 g/mol. The second-order valence-electron chi connectivity index (χ2n) is 4.29. The molecule has 1 aliphatic heterocycles. The third kappa shape index (κ3) is 3.56. The van der Waals surface area contributed by atoms with Gasteiger partial charge in [0, 0.05) is 19.1 Å². The highest BCUT2D eigenvalue weighted by Gasteiger charge is 2.18. The van der Waals surface area contributed by atoms with Crippen LogP contribution in [0.1, 0.15) is 26.2 Å². The number of nitrogens with two attached hydrogens (primary N) is 1. The molecule has 2 N–H and O–H groups in total. The van der Waals surface area contributed by atoms with Gasteiger partial charge in [-0.2, -0.15) is 0 Å². The highest BCUT2D eigenvalue weighted by Crippen LogP contribution is 2.14. The molecule has 0 amide bonds. The first-order valence-electron chi connectivity index (χ1n) is 5.90. The van der Waals surface area contributed by atoms with Crippen molar-refractivity contribution in [2.45, 2.75) is 32.2 Å². The van der Waals surface area contributed by atoms with E-state index in [4.69, 9.17) is 5.73 Å². The number of likely N-dealkylation sites (N-methyl/N-ethyl adjacent to an activating group) is 1. The van der Waals surface area contributed by atoms with Crippen LogP contribution < -0.4 is 5.73 Å². The van der Waals surface area contributed by atoms with Gasteiger partial charge < -0.3 is 15.5 Å². The fourth-order valence-corrected chi connectivity index (χ4v) is 2.28. The van der Waals surface area contributed by atoms with E-state index in [1.54, 1.807) is 0 Å². The Morgan fingerprint density at radius 3 is 2.79 bits per heavy atom. The van der Waals surface area contributed by atoms with Crippen LogP contribution in [0.15, 0.2) is 0 Å². The average Bonchev–Trinajstić information content (AvgIpc) is 2.42. The molecule has 3 nitrogen and oxygen atoms in total. The molecule has 1 heterocycles. The minimum atomic E-state index is 0.759. The molecule has 1 fully saturated rings. The van der Waals surface area contributed by atoms with Gasteiger partial charge in [-0.1, -0.05) is 6.92 Å². The van der Waals surface area contributed by atoms with Crippen molar-refractivity contribution in [1.29, 1.82) is 0 Å². The lowest BCUT2D eigenvalue weighted by molar-refractivity contribution is 0.221. The summed E-state index contributed by atoms with van der Waals surface area (Å²) in [7, 11) is 2.21. The van der Waals surface area contributed by atoms with Crippen molar-refractivity contribution in [2.75, 3.05) is 39.8 Å². The predicted octanol–water partition coefficient (Wildman–Crippen LogP) is 0.751. The quantitative estimate of drug-likeness (QED) is 0.725. The minimum absolute atomic E-state index is 0.759. The smallest absolute Gasteiger partial charge is 0.0105 e. The van der Waals surface area contributed by atoms with Gasteiger partial charge in [0.15, 0.2) is 0 Å². The third-order valence-electron chi connectivity index (χ3n) is 3.34. The van der Waals surface area contributed by atoms with E-state index in [-0.39, 0.29) is 0 Å². The Labute approximate surface area is 88.2 Å². The summed E-state index contributed by atoms with van der Waals surface area (Å²) in [6, 6.07) is 0.759. The fourth-order valence-electron chi connectivity index (χ4n) is 2.28. The van der Waals surface area contributed by atoms with E-state index >= 15 is 0 Å². The molecule has 0 spiro atoms. The Kier molecular flexibility index (Phi) is 5.45. The summed E-state index contributed by atoms with van der Waals surface area (Å²) in [6.07, 6.45) is 3.99. The lowest BCUT2D eigenvalue weighted by Gasteiger charge is -2.26. The maximum Gasteiger partial charge on any atom is 0.0105 e. The van der Waals surface area contributed by atoms with Gasteiger partial charge in [-0.05, 0) is 45.9 Å². The lowest BCUT2D eigenvalue weighted by Crippen LogP contribution is -2.36. The monoisotopic (exact) mass is 199 g/mol. The maximum absolute atomic E-state index is 5.58. The Bertz CT molecular complexity index is 149. The van der Waals surface area contributed by atoms with Crippen molar-refractivity contribution >= 4 is 0 Å². The van der Waals surface area contributed by atoms with Crippen LogP contribution in [0.2, 0.25) is 0 Å². The molecule has 3 heteroatoms. The molecule has 0 aromatic rings. The van der Waals surface area contributed by atoms with Crippen LogP contribution in [0.3, 0.4) is 0 Å². The summed E-state index contributed by atoms with van der Waals surface area (Å²) in [5, 5.41) is 0. The van der Waals surface area contributed by atoms with Crippen LogP contribution in [0.4, 0.5) is 0 Å². The van der Waals surface area contributed by atoms with Crippen molar-refractivity contribution in [2.24, 2.45) is 5.73 Å². The molecular formula is C11H25N3. The second-order valence-corrected chi connectivity index (χ2v) is 4.29. The van der Waals surface area contributed by atoms with Crippen molar-refractivity contribution in [3.8, 4) is 0 Å². The Morgan fingerprint density at radius 2 is 2.14 bits per heavy atom. The van der Waals surface area contributed by atoms with Crippen LogP contribution in [0, 0.1) is 0 Å². The van der Waals surface area contributed by atoms with Gasteiger partial charge in [0.05, 0.1) is 0 Å². The highest BCUT2D eigenvalue weighted by molar-refractivity contribution is 4.75. The minimum Gasteiger partial charge on any atom is -0.329 e. The number of rotatable bonds is 4. The molecule has 1 saturated heterocycles. The fraction of sp³-hybridized carbons (Fsp3) is 1.00. The van der Waals surface area contributed by atoms with Crippen LogP contribution in [0.25, 0.3) is 0 Å². The molecule has 1 rings (SSSR count). The number of hydrogen-bond acceptors (Lipinski definition) is 3. The summed E-state index contributed by atoms with van der Waals surface area (Å²) < 4.78 is 0. The molecule has 84 valence electrons. The summed E-state index contributed by atoms with van der Waals surface area (Å²) >= 11 is 0. The van der Waals surface area contributed by atoms with Crippen molar-refractivity contribution in [3.63, 3.8) is 0 Å². The average molecular weight is 199 g/mol. The van der Waals surface area contributed by atoms with Crippen LogP contribution >= 0.6 is 0 Å². The molecule has 0 saturated carbocycles. The van der Waals surface area contributed by atoms with E-state index in [1.807, 2.05) is 0 Å². The Balaban J connectivity index is 2.33. The Morgan fingerprint density at radius 1 is 1.36 bits per heavy atom. The summed E-state index contributed by atoms with van der Waals surface area (Å²) in [5.74, 6) is 0. The molecule has 1 unspecified atom stereocenters. The number of hydrogen-bond donors (Lipinski definition) is 1. The van der Waals surface area contributed by atoms with Gasteiger partial charge in [0.25, 0.3) is 0 Å². The molecule has 0 aliphatic carbocycles. The summed E-state index contributed by atoms with van der Waals surface area (Å²) in [6.45, 7) is 7.82. The standard InChI is InChI=1S/C11H25N3/c1-3-14-8-4-5-11(6-9-14)13(2)10-7-12/h11H,3-10,12H2,1-2H3. The predicted molar refractivity (Wildman–Crippen MR) is 61.4 cm³/mol. The van der Waals surface area contributed by atoms with E-state index in [0.29, 0.717) is 0 Å². The molecule has 1 atom stereocenters. The summed E-state index contributed by atoms with van der Waals surface area (Å²) in [5.41, 5.74) is 5.58. The van der Waals surface area contributed by atoms with Crippen molar-refractivity contribution in [1.82, 2.24) is 9.80 Å². The van der Waals surface area contributed by atoms with Gasteiger partial charge in [0.1, 0.15) is 0 Å². The van der Waals surface area contributed by atoms with Crippen molar-refractivity contribution < 1.29 is 0 Å². The van der Waals surface area contributed by atoms with Gasteiger partial charge in [-0.3, -0.25) is 0 Å².